The fourth-order valence-corrected chi connectivity index (χ4v) is 5.96. The summed E-state index contributed by atoms with van der Waals surface area (Å²) in [5.74, 6) is 0. The number of hydrogen-bond donors (Lipinski definition) is 0. The van der Waals surface area contributed by atoms with Crippen molar-refractivity contribution >= 4 is 17.2 Å². The normalized spacial score (nSPS) is 12.2. The Morgan fingerprint density at radius 2 is 1.64 bits per heavy atom. The molecule has 0 aliphatic carbocycles. The standard InChI is InChI=1S/C8H18NSi2/c1-7-11(6,8-2)9(3)10(4)5/h7-8H,1-2H2,3-6H3. The minimum absolute atomic E-state index is 0.341. The molecule has 0 aliphatic rings. The molecule has 0 amide bonds. The smallest absolute Gasteiger partial charge is 0.166 e. The minimum Gasteiger partial charge on any atom is -0.343 e. The van der Waals surface area contributed by atoms with Crippen LogP contribution in [0.1, 0.15) is 0 Å². The van der Waals surface area contributed by atoms with Gasteiger partial charge in [-0.15, -0.1) is 13.2 Å². The Hall–Kier alpha value is -0.126. The van der Waals surface area contributed by atoms with Crippen molar-refractivity contribution in [2.75, 3.05) is 7.05 Å². The van der Waals surface area contributed by atoms with Gasteiger partial charge in [-0.25, -0.2) is 0 Å². The molecule has 63 valence electrons. The van der Waals surface area contributed by atoms with Crippen LogP contribution in [0.2, 0.25) is 19.6 Å². The first-order valence-corrected chi connectivity index (χ1v) is 8.84. The molecule has 0 fully saturated rings. The molecule has 0 N–H and O–H groups in total. The number of hydrogen-bond acceptors (Lipinski definition) is 1. The van der Waals surface area contributed by atoms with E-state index in [4.69, 9.17) is 0 Å². The van der Waals surface area contributed by atoms with Crippen molar-refractivity contribution in [2.45, 2.75) is 19.6 Å². The summed E-state index contributed by atoms with van der Waals surface area (Å²) in [6.45, 7) is 14.6. The van der Waals surface area contributed by atoms with Gasteiger partial charge >= 0.3 is 0 Å². The first kappa shape index (κ1) is 10.9. The molecule has 0 aromatic rings. The van der Waals surface area contributed by atoms with Crippen LogP contribution in [0.25, 0.3) is 0 Å². The van der Waals surface area contributed by atoms with Crippen LogP contribution in [-0.2, 0) is 0 Å². The summed E-state index contributed by atoms with van der Waals surface area (Å²) in [6, 6.07) is 0. The molecule has 0 saturated heterocycles. The number of rotatable bonds is 4. The van der Waals surface area contributed by atoms with Crippen molar-refractivity contribution in [3.8, 4) is 0 Å². The third-order valence-corrected chi connectivity index (χ3v) is 9.45. The van der Waals surface area contributed by atoms with Gasteiger partial charge in [0.2, 0.25) is 0 Å². The Bertz CT molecular complexity index is 146. The molecule has 0 rings (SSSR count). The van der Waals surface area contributed by atoms with Gasteiger partial charge in [-0.3, -0.25) is 0 Å². The second-order valence-electron chi connectivity index (χ2n) is 3.14. The third-order valence-electron chi connectivity index (χ3n) is 2.22. The van der Waals surface area contributed by atoms with E-state index in [9.17, 15) is 0 Å². The monoisotopic (exact) mass is 184 g/mol. The summed E-state index contributed by atoms with van der Waals surface area (Å²) in [4.78, 5) is 0. The van der Waals surface area contributed by atoms with Crippen LogP contribution < -0.4 is 0 Å². The Morgan fingerprint density at radius 3 is 1.73 bits per heavy atom. The largest absolute Gasteiger partial charge is 0.343 e. The van der Waals surface area contributed by atoms with Crippen LogP contribution in [0.4, 0.5) is 0 Å². The first-order valence-electron chi connectivity index (χ1n) is 3.79. The van der Waals surface area contributed by atoms with Gasteiger partial charge < -0.3 is 4.23 Å². The average Bonchev–Trinajstić information content (AvgIpc) is 2.01. The molecule has 1 nitrogen and oxygen atoms in total. The van der Waals surface area contributed by atoms with Crippen molar-refractivity contribution in [1.82, 2.24) is 4.23 Å². The van der Waals surface area contributed by atoms with Crippen LogP contribution in [0, 0.1) is 0 Å². The van der Waals surface area contributed by atoms with E-state index in [-0.39, 0.29) is 8.96 Å². The predicted octanol–water partition coefficient (Wildman–Crippen LogP) is 2.20. The maximum atomic E-state index is 3.87. The molecule has 3 heteroatoms. The van der Waals surface area contributed by atoms with E-state index in [1.54, 1.807) is 0 Å². The van der Waals surface area contributed by atoms with Gasteiger partial charge in [0.05, 0.1) is 0 Å². The second kappa shape index (κ2) is 4.04. The topological polar surface area (TPSA) is 3.24 Å². The Kier molecular flexibility index (Phi) is 3.99. The molecule has 0 aliphatic heterocycles. The molecular formula is C8H18NSi2. The average molecular weight is 184 g/mol. The molecule has 0 spiro atoms. The predicted molar refractivity (Wildman–Crippen MR) is 57.3 cm³/mol. The molecule has 0 bridgehead atoms. The Labute approximate surface area is 73.2 Å². The molecule has 0 unspecified atom stereocenters. The lowest BCUT2D eigenvalue weighted by atomic mass is 11.2. The Balaban J connectivity index is 4.48. The highest BCUT2D eigenvalue weighted by molar-refractivity contribution is 6.91. The Morgan fingerprint density at radius 1 is 1.27 bits per heavy atom. The van der Waals surface area contributed by atoms with Gasteiger partial charge in [0.1, 0.15) is 8.96 Å². The van der Waals surface area contributed by atoms with E-state index in [0.717, 1.165) is 0 Å². The summed E-state index contributed by atoms with van der Waals surface area (Å²) in [5.41, 5.74) is 4.16. The quantitative estimate of drug-likeness (QED) is 0.606. The van der Waals surface area contributed by atoms with Crippen molar-refractivity contribution in [3.05, 3.63) is 24.6 Å². The molecular weight excluding hydrogens is 166 g/mol. The summed E-state index contributed by atoms with van der Waals surface area (Å²) in [5, 5.41) is 0. The molecule has 0 aromatic heterocycles. The summed E-state index contributed by atoms with van der Waals surface area (Å²) >= 11 is 0. The SMILES string of the molecule is C=C[Si](C)(C=C)N(C)[Si](C)C. The van der Waals surface area contributed by atoms with Crippen LogP contribution in [0.3, 0.4) is 0 Å². The zero-order chi connectivity index (χ0) is 9.07. The molecule has 0 heterocycles. The zero-order valence-corrected chi connectivity index (χ0v) is 10.0. The fraction of sp³-hybridized carbons (Fsp3) is 0.500. The zero-order valence-electron chi connectivity index (χ0n) is 8.02. The van der Waals surface area contributed by atoms with Gasteiger partial charge in [0.15, 0.2) is 8.24 Å². The van der Waals surface area contributed by atoms with Crippen LogP contribution in [0.15, 0.2) is 24.6 Å². The van der Waals surface area contributed by atoms with Crippen LogP contribution in [-0.4, -0.2) is 28.5 Å². The van der Waals surface area contributed by atoms with Gasteiger partial charge in [0, 0.05) is 0 Å². The summed E-state index contributed by atoms with van der Waals surface area (Å²) < 4.78 is 2.47. The minimum atomic E-state index is -1.46. The van der Waals surface area contributed by atoms with Gasteiger partial charge in [0.25, 0.3) is 0 Å². The van der Waals surface area contributed by atoms with E-state index >= 15 is 0 Å². The third kappa shape index (κ3) is 2.43. The van der Waals surface area contributed by atoms with Gasteiger partial charge in [-0.1, -0.05) is 24.5 Å². The first-order chi connectivity index (χ1) is 4.98. The summed E-state index contributed by atoms with van der Waals surface area (Å²) in [7, 11) is 0.386. The second-order valence-corrected chi connectivity index (χ2v) is 10.1. The molecule has 0 saturated carbocycles. The molecule has 0 aromatic carbocycles. The van der Waals surface area contributed by atoms with E-state index in [1.807, 2.05) is 0 Å². The summed E-state index contributed by atoms with van der Waals surface area (Å²) in [6.07, 6.45) is 0. The van der Waals surface area contributed by atoms with E-state index in [0.29, 0.717) is 0 Å². The van der Waals surface area contributed by atoms with Crippen molar-refractivity contribution in [1.29, 1.82) is 0 Å². The van der Waals surface area contributed by atoms with Crippen molar-refractivity contribution < 1.29 is 0 Å². The lowest BCUT2D eigenvalue weighted by Gasteiger charge is -2.33. The maximum Gasteiger partial charge on any atom is 0.166 e. The highest BCUT2D eigenvalue weighted by atomic mass is 28.4. The lowest BCUT2D eigenvalue weighted by molar-refractivity contribution is 0.798. The van der Waals surface area contributed by atoms with Gasteiger partial charge in [-0.05, 0) is 13.6 Å². The molecule has 1 radical (unpaired) electrons. The van der Waals surface area contributed by atoms with Crippen LogP contribution >= 0.6 is 0 Å². The van der Waals surface area contributed by atoms with Crippen LogP contribution in [0.5, 0.6) is 0 Å². The fourth-order valence-electron chi connectivity index (χ4n) is 0.839. The molecule has 11 heavy (non-hydrogen) atoms. The highest BCUT2D eigenvalue weighted by Crippen LogP contribution is 2.11. The van der Waals surface area contributed by atoms with E-state index < -0.39 is 8.24 Å². The van der Waals surface area contributed by atoms with Crippen molar-refractivity contribution in [3.63, 3.8) is 0 Å². The molecule has 0 atom stereocenters. The van der Waals surface area contributed by atoms with Crippen molar-refractivity contribution in [2.24, 2.45) is 0 Å². The van der Waals surface area contributed by atoms with E-state index in [1.165, 1.54) is 0 Å². The number of nitrogens with zero attached hydrogens (tertiary/aromatic N) is 1. The van der Waals surface area contributed by atoms with E-state index in [2.05, 4.69) is 55.5 Å². The van der Waals surface area contributed by atoms with Gasteiger partial charge in [-0.2, -0.15) is 0 Å². The lowest BCUT2D eigenvalue weighted by Crippen LogP contribution is -2.51. The maximum absolute atomic E-state index is 3.87. The highest BCUT2D eigenvalue weighted by Gasteiger charge is 2.27.